The summed E-state index contributed by atoms with van der Waals surface area (Å²) < 4.78 is 10.0. The first kappa shape index (κ1) is 15.8. The largest absolute Gasteiger partial charge is 0.508 e. The van der Waals surface area contributed by atoms with Crippen LogP contribution in [0.3, 0.4) is 0 Å². The normalized spacial score (nSPS) is 12.6. The number of hydrogen-bond donors (Lipinski definition) is 0. The van der Waals surface area contributed by atoms with Gasteiger partial charge in [-0.2, -0.15) is 0 Å². The lowest BCUT2D eigenvalue weighted by molar-refractivity contribution is 0.0600. The number of rotatable bonds is 3. The molecule has 1 aliphatic rings. The van der Waals surface area contributed by atoms with Crippen molar-refractivity contribution in [3.05, 3.63) is 76.1 Å². The predicted molar refractivity (Wildman–Crippen MR) is 92.4 cm³/mol. The number of allylic oxidation sites excluding steroid dienone is 1. The van der Waals surface area contributed by atoms with Crippen molar-refractivity contribution in [3.63, 3.8) is 0 Å². The van der Waals surface area contributed by atoms with Crippen LogP contribution in [0.2, 0.25) is 0 Å². The minimum atomic E-state index is -0.348. The van der Waals surface area contributed by atoms with Crippen molar-refractivity contribution in [2.45, 2.75) is 12.8 Å². The van der Waals surface area contributed by atoms with Gasteiger partial charge in [-0.25, -0.2) is 9.64 Å². The third-order valence-corrected chi connectivity index (χ3v) is 4.19. The molecule has 2 aromatic carbocycles. The van der Waals surface area contributed by atoms with Crippen LogP contribution in [0.25, 0.3) is 10.4 Å². The van der Waals surface area contributed by atoms with Gasteiger partial charge in [0.2, 0.25) is 5.69 Å². The lowest BCUT2D eigenvalue weighted by Crippen LogP contribution is -2.06. The first-order chi connectivity index (χ1) is 11.7. The Morgan fingerprint density at radius 2 is 2.00 bits per heavy atom. The lowest BCUT2D eigenvalue weighted by Gasteiger charge is -2.19. The maximum Gasteiger partial charge on any atom is 0.337 e. The van der Waals surface area contributed by atoms with Gasteiger partial charge in [0.25, 0.3) is 0 Å². The fourth-order valence-electron chi connectivity index (χ4n) is 2.99. The van der Waals surface area contributed by atoms with E-state index in [4.69, 9.17) is 16.0 Å². The van der Waals surface area contributed by atoms with E-state index in [9.17, 15) is 4.79 Å². The van der Waals surface area contributed by atoms with Gasteiger partial charge < -0.3 is 9.47 Å². The van der Waals surface area contributed by atoms with Gasteiger partial charge in [0.05, 0.1) is 26.4 Å². The first-order valence-electron chi connectivity index (χ1n) is 7.65. The summed E-state index contributed by atoms with van der Waals surface area (Å²) in [4.78, 5) is 15.4. The van der Waals surface area contributed by atoms with Crippen LogP contribution in [0, 0.1) is 6.57 Å². The van der Waals surface area contributed by atoms with Gasteiger partial charge in [0, 0.05) is 0 Å². The number of esters is 1. The van der Waals surface area contributed by atoms with E-state index in [0.29, 0.717) is 17.0 Å². The second-order valence-electron chi connectivity index (χ2n) is 5.52. The van der Waals surface area contributed by atoms with Crippen molar-refractivity contribution < 1.29 is 14.3 Å². The van der Waals surface area contributed by atoms with Crippen molar-refractivity contribution in [2.75, 3.05) is 14.2 Å². The van der Waals surface area contributed by atoms with Crippen LogP contribution in [0.5, 0.6) is 5.75 Å². The summed E-state index contributed by atoms with van der Waals surface area (Å²) in [6.45, 7) is 7.32. The molecule has 0 bridgehead atoms. The number of benzene rings is 2. The van der Waals surface area contributed by atoms with E-state index in [-0.39, 0.29) is 5.97 Å². The molecule has 0 spiro atoms. The molecule has 0 amide bonds. The SMILES string of the molecule is [C-]#[N+]c1cc(C2=CCCc3ccc(C(=O)OC)cc32)ccc1OC. The zero-order chi connectivity index (χ0) is 17.1. The van der Waals surface area contributed by atoms with Gasteiger partial charge in [0.1, 0.15) is 5.75 Å². The molecule has 1 aliphatic carbocycles. The Morgan fingerprint density at radius 3 is 2.71 bits per heavy atom. The number of carbonyl (C=O) groups is 1. The van der Waals surface area contributed by atoms with E-state index >= 15 is 0 Å². The third-order valence-electron chi connectivity index (χ3n) is 4.19. The zero-order valence-electron chi connectivity index (χ0n) is 13.6. The molecule has 0 N–H and O–H groups in total. The average Bonchev–Trinajstić information content (AvgIpc) is 2.65. The number of ether oxygens (including phenoxy) is 2. The molecule has 3 rings (SSSR count). The maximum atomic E-state index is 11.8. The van der Waals surface area contributed by atoms with E-state index in [1.165, 1.54) is 12.7 Å². The van der Waals surface area contributed by atoms with Gasteiger partial charge in [0.15, 0.2) is 0 Å². The Hall–Kier alpha value is -3.06. The molecule has 4 nitrogen and oxygen atoms in total. The molecule has 0 saturated carbocycles. The molecule has 4 heteroatoms. The standard InChI is InChI=1S/C20H17NO3/c1-21-18-12-14(9-10-19(18)23-2)16-6-4-5-13-7-8-15(11-17(13)16)20(22)24-3/h6-12H,4-5H2,2-3H3. The van der Waals surface area contributed by atoms with Crippen LogP contribution in [-0.2, 0) is 11.2 Å². The van der Waals surface area contributed by atoms with Crippen molar-refractivity contribution in [1.29, 1.82) is 0 Å². The molecule has 0 atom stereocenters. The number of hydrogen-bond acceptors (Lipinski definition) is 3. The Labute approximate surface area is 141 Å². The Morgan fingerprint density at radius 1 is 1.17 bits per heavy atom. The highest BCUT2D eigenvalue weighted by Gasteiger charge is 2.18. The number of aryl methyl sites for hydroxylation is 1. The van der Waals surface area contributed by atoms with Crippen LogP contribution >= 0.6 is 0 Å². The van der Waals surface area contributed by atoms with Crippen molar-refractivity contribution in [1.82, 2.24) is 0 Å². The van der Waals surface area contributed by atoms with Crippen molar-refractivity contribution in [2.24, 2.45) is 0 Å². The molecule has 120 valence electrons. The van der Waals surface area contributed by atoms with Gasteiger partial charge in [-0.15, -0.1) is 0 Å². The molecular weight excluding hydrogens is 302 g/mol. The smallest absolute Gasteiger partial charge is 0.337 e. The number of fused-ring (bicyclic) bond motifs is 1. The highest BCUT2D eigenvalue weighted by Crippen LogP contribution is 2.37. The fraction of sp³-hybridized carbons (Fsp3) is 0.200. The van der Waals surface area contributed by atoms with Gasteiger partial charge in [-0.05, 0) is 59.4 Å². The third kappa shape index (κ3) is 2.77. The molecule has 0 radical (unpaired) electrons. The molecular formula is C20H17NO3. The summed E-state index contributed by atoms with van der Waals surface area (Å²) >= 11 is 0. The van der Waals surface area contributed by atoms with E-state index in [1.54, 1.807) is 13.2 Å². The molecule has 0 heterocycles. The zero-order valence-corrected chi connectivity index (χ0v) is 13.6. The van der Waals surface area contributed by atoms with Crippen LogP contribution in [0.1, 0.15) is 33.5 Å². The second kappa shape index (κ2) is 6.59. The average molecular weight is 319 g/mol. The summed E-state index contributed by atoms with van der Waals surface area (Å²) in [5, 5.41) is 0. The van der Waals surface area contributed by atoms with Crippen LogP contribution in [0.15, 0.2) is 42.5 Å². The van der Waals surface area contributed by atoms with Crippen LogP contribution in [-0.4, -0.2) is 20.2 Å². The predicted octanol–water partition coefficient (Wildman–Crippen LogP) is 4.41. The molecule has 0 fully saturated rings. The number of carbonyl (C=O) groups excluding carboxylic acids is 1. The summed E-state index contributed by atoms with van der Waals surface area (Å²) in [5.41, 5.74) is 5.21. The topological polar surface area (TPSA) is 39.9 Å². The van der Waals surface area contributed by atoms with E-state index in [1.807, 2.05) is 30.3 Å². The highest BCUT2D eigenvalue weighted by molar-refractivity contribution is 5.93. The summed E-state index contributed by atoms with van der Waals surface area (Å²) in [7, 11) is 2.94. The van der Waals surface area contributed by atoms with Crippen molar-refractivity contribution >= 4 is 17.2 Å². The van der Waals surface area contributed by atoms with Gasteiger partial charge >= 0.3 is 5.97 Å². The van der Waals surface area contributed by atoms with Crippen LogP contribution in [0.4, 0.5) is 5.69 Å². The lowest BCUT2D eigenvalue weighted by atomic mass is 9.86. The summed E-state index contributed by atoms with van der Waals surface area (Å²) in [5.74, 6) is 0.216. The quantitative estimate of drug-likeness (QED) is 0.621. The first-order valence-corrected chi connectivity index (χ1v) is 7.65. The fourth-order valence-corrected chi connectivity index (χ4v) is 2.99. The Balaban J connectivity index is 2.10. The van der Waals surface area contributed by atoms with E-state index < -0.39 is 0 Å². The second-order valence-corrected chi connectivity index (χ2v) is 5.52. The Kier molecular flexibility index (Phi) is 4.35. The number of nitrogens with zero attached hydrogens (tertiary/aromatic N) is 1. The van der Waals surface area contributed by atoms with E-state index in [2.05, 4.69) is 10.9 Å². The van der Waals surface area contributed by atoms with Gasteiger partial charge in [-0.3, -0.25) is 0 Å². The minimum absolute atomic E-state index is 0.348. The van der Waals surface area contributed by atoms with Crippen molar-refractivity contribution in [3.8, 4) is 5.75 Å². The maximum absolute atomic E-state index is 11.8. The number of methoxy groups -OCH3 is 2. The summed E-state index contributed by atoms with van der Waals surface area (Å²) in [6.07, 6.45) is 4.02. The molecule has 0 unspecified atom stereocenters. The molecule has 2 aromatic rings. The molecule has 24 heavy (non-hydrogen) atoms. The molecule has 0 saturated heterocycles. The minimum Gasteiger partial charge on any atom is -0.508 e. The Bertz CT molecular complexity index is 875. The van der Waals surface area contributed by atoms with Crippen LogP contribution < -0.4 is 4.74 Å². The molecule has 0 aromatic heterocycles. The molecule has 0 aliphatic heterocycles. The highest BCUT2D eigenvalue weighted by atomic mass is 16.5. The monoisotopic (exact) mass is 319 g/mol. The summed E-state index contributed by atoms with van der Waals surface area (Å²) in [6, 6.07) is 11.2. The van der Waals surface area contributed by atoms with E-state index in [0.717, 1.165) is 29.5 Å². The van der Waals surface area contributed by atoms with Gasteiger partial charge in [-0.1, -0.05) is 18.2 Å².